The second-order valence-electron chi connectivity index (χ2n) is 8.15. The number of hydrogen-bond acceptors (Lipinski definition) is 4. The van der Waals surface area contributed by atoms with Crippen LogP contribution in [0.3, 0.4) is 0 Å². The molecule has 32 heavy (non-hydrogen) atoms. The highest BCUT2D eigenvalue weighted by Gasteiger charge is 2.21. The molecule has 0 aliphatic carbocycles. The van der Waals surface area contributed by atoms with Crippen LogP contribution < -0.4 is 5.32 Å². The van der Waals surface area contributed by atoms with Crippen LogP contribution >= 0.6 is 0 Å². The quantitative estimate of drug-likeness (QED) is 0.630. The minimum absolute atomic E-state index is 0.0163. The molecule has 1 aromatic heterocycles. The van der Waals surface area contributed by atoms with Gasteiger partial charge in [-0.15, -0.1) is 0 Å². The van der Waals surface area contributed by atoms with Gasteiger partial charge in [0.15, 0.2) is 0 Å². The summed E-state index contributed by atoms with van der Waals surface area (Å²) in [5, 5.41) is 4.06. The molecule has 164 valence electrons. The maximum atomic E-state index is 12.7. The zero-order valence-electron chi connectivity index (χ0n) is 18.5. The molecule has 2 aromatic carbocycles. The lowest BCUT2D eigenvalue weighted by atomic mass is 10.1. The van der Waals surface area contributed by atoms with Crippen LogP contribution in [0.2, 0.25) is 0 Å². The molecular weight excluding hydrogens is 400 g/mol. The molecule has 0 bridgehead atoms. The summed E-state index contributed by atoms with van der Waals surface area (Å²) in [6.45, 7) is 6.93. The fourth-order valence-electron chi connectivity index (χ4n) is 3.93. The van der Waals surface area contributed by atoms with Gasteiger partial charge in [-0.2, -0.15) is 0 Å². The molecule has 2 amide bonds. The zero-order chi connectivity index (χ0) is 22.5. The van der Waals surface area contributed by atoms with E-state index in [1.807, 2.05) is 73.4 Å². The number of anilines is 1. The summed E-state index contributed by atoms with van der Waals surface area (Å²) in [7, 11) is 0. The summed E-state index contributed by atoms with van der Waals surface area (Å²) in [4.78, 5) is 33.5. The summed E-state index contributed by atoms with van der Waals surface area (Å²) in [6, 6.07) is 15.8. The van der Waals surface area contributed by atoms with E-state index in [4.69, 9.17) is 0 Å². The molecule has 1 aliphatic heterocycles. The Morgan fingerprint density at radius 3 is 2.56 bits per heavy atom. The van der Waals surface area contributed by atoms with Gasteiger partial charge in [-0.05, 0) is 43.2 Å². The fourth-order valence-corrected chi connectivity index (χ4v) is 3.93. The second kappa shape index (κ2) is 9.75. The topological polar surface area (TPSA) is 65.5 Å². The lowest BCUT2D eigenvalue weighted by Gasteiger charge is -2.33. The van der Waals surface area contributed by atoms with E-state index in [1.165, 1.54) is 0 Å². The predicted octanol–water partition coefficient (Wildman–Crippen LogP) is 3.65. The molecule has 6 nitrogen and oxygen atoms in total. The number of pyridine rings is 1. The molecule has 1 aliphatic rings. The molecule has 0 radical (unpaired) electrons. The molecule has 1 fully saturated rings. The van der Waals surface area contributed by atoms with Crippen molar-refractivity contribution in [2.24, 2.45) is 0 Å². The number of rotatable bonds is 5. The Hall–Kier alpha value is -3.51. The fraction of sp³-hybridized carbons (Fsp3) is 0.269. The van der Waals surface area contributed by atoms with Crippen LogP contribution in [0.25, 0.3) is 17.0 Å². The largest absolute Gasteiger partial charge is 0.337 e. The SMILES string of the molecule is Cc1cccc(NC(=O)CN2CCN(C(=O)/C=C/c3cccc4cccnc34)CC2)c1C. The average molecular weight is 429 g/mol. The van der Waals surface area contributed by atoms with Crippen LogP contribution in [0, 0.1) is 13.8 Å². The van der Waals surface area contributed by atoms with E-state index >= 15 is 0 Å². The number of piperazine rings is 1. The van der Waals surface area contributed by atoms with Gasteiger partial charge in [0.05, 0.1) is 12.1 Å². The highest BCUT2D eigenvalue weighted by atomic mass is 16.2. The van der Waals surface area contributed by atoms with Crippen molar-refractivity contribution in [1.29, 1.82) is 0 Å². The number of nitrogens with one attached hydrogen (secondary N) is 1. The third-order valence-corrected chi connectivity index (χ3v) is 6.00. The van der Waals surface area contributed by atoms with E-state index < -0.39 is 0 Å². The molecule has 0 atom stereocenters. The van der Waals surface area contributed by atoms with Crippen molar-refractivity contribution in [3.8, 4) is 0 Å². The van der Waals surface area contributed by atoms with Gasteiger partial charge < -0.3 is 10.2 Å². The number of aryl methyl sites for hydroxylation is 1. The lowest BCUT2D eigenvalue weighted by molar-refractivity contribution is -0.127. The molecule has 1 N–H and O–H groups in total. The van der Waals surface area contributed by atoms with E-state index in [1.54, 1.807) is 12.3 Å². The molecule has 0 spiro atoms. The number of carbonyl (C=O) groups is 2. The Labute approximate surface area is 188 Å². The van der Waals surface area contributed by atoms with Crippen molar-refractivity contribution in [1.82, 2.24) is 14.8 Å². The molecule has 1 saturated heterocycles. The molecule has 6 heteroatoms. The van der Waals surface area contributed by atoms with Gasteiger partial charge in [-0.25, -0.2) is 0 Å². The number of amides is 2. The monoisotopic (exact) mass is 428 g/mol. The van der Waals surface area contributed by atoms with Crippen LogP contribution in [-0.4, -0.2) is 59.3 Å². The average Bonchev–Trinajstić information content (AvgIpc) is 2.81. The Kier molecular flexibility index (Phi) is 6.61. The van der Waals surface area contributed by atoms with Gasteiger partial charge in [-0.3, -0.25) is 19.5 Å². The third kappa shape index (κ3) is 5.03. The van der Waals surface area contributed by atoms with E-state index in [-0.39, 0.29) is 11.8 Å². The molecule has 0 unspecified atom stereocenters. The standard InChI is InChI=1S/C26H28N4O2/c1-19-6-3-10-23(20(19)2)28-24(31)18-29-14-16-30(17-15-29)25(32)12-11-22-8-4-7-21-9-5-13-27-26(21)22/h3-13H,14-18H2,1-2H3,(H,28,31)/b12-11+. The maximum absolute atomic E-state index is 12.7. The number of nitrogens with zero attached hydrogens (tertiary/aromatic N) is 3. The number of aromatic nitrogens is 1. The van der Waals surface area contributed by atoms with Gasteiger partial charge in [-0.1, -0.05) is 36.4 Å². The van der Waals surface area contributed by atoms with Crippen molar-refractivity contribution in [2.75, 3.05) is 38.0 Å². The van der Waals surface area contributed by atoms with E-state index in [0.29, 0.717) is 32.7 Å². The van der Waals surface area contributed by atoms with Crippen LogP contribution in [0.5, 0.6) is 0 Å². The Morgan fingerprint density at radius 1 is 1.00 bits per heavy atom. The molecule has 3 aromatic rings. The van der Waals surface area contributed by atoms with Gasteiger partial charge >= 0.3 is 0 Å². The number of hydrogen-bond donors (Lipinski definition) is 1. The number of para-hydroxylation sites is 1. The van der Waals surface area contributed by atoms with Crippen LogP contribution in [0.15, 0.2) is 60.8 Å². The summed E-state index contributed by atoms with van der Waals surface area (Å²) in [5.41, 5.74) is 4.92. The first-order chi connectivity index (χ1) is 15.5. The maximum Gasteiger partial charge on any atom is 0.246 e. The van der Waals surface area contributed by atoms with Crippen molar-refractivity contribution < 1.29 is 9.59 Å². The minimum Gasteiger partial charge on any atom is -0.337 e. The normalized spacial score (nSPS) is 14.8. The molecule has 4 rings (SSSR count). The Balaban J connectivity index is 1.29. The minimum atomic E-state index is -0.0261. The van der Waals surface area contributed by atoms with E-state index in [9.17, 15) is 9.59 Å². The van der Waals surface area contributed by atoms with Gasteiger partial charge in [0.1, 0.15) is 0 Å². The molecule has 2 heterocycles. The van der Waals surface area contributed by atoms with Gasteiger partial charge in [0.25, 0.3) is 0 Å². The summed E-state index contributed by atoms with van der Waals surface area (Å²) in [5.74, 6) is -0.0424. The third-order valence-electron chi connectivity index (χ3n) is 6.00. The predicted molar refractivity (Wildman–Crippen MR) is 128 cm³/mol. The second-order valence-corrected chi connectivity index (χ2v) is 8.15. The number of fused-ring (bicyclic) bond motifs is 1. The van der Waals surface area contributed by atoms with Crippen LogP contribution in [0.4, 0.5) is 5.69 Å². The highest BCUT2D eigenvalue weighted by molar-refractivity contribution is 5.95. The Morgan fingerprint density at radius 2 is 1.75 bits per heavy atom. The number of benzene rings is 2. The first-order valence-corrected chi connectivity index (χ1v) is 10.9. The first kappa shape index (κ1) is 21.7. The van der Waals surface area contributed by atoms with Crippen molar-refractivity contribution in [3.05, 3.63) is 77.5 Å². The smallest absolute Gasteiger partial charge is 0.246 e. The Bertz CT molecular complexity index is 1160. The van der Waals surface area contributed by atoms with E-state index in [0.717, 1.165) is 33.3 Å². The highest BCUT2D eigenvalue weighted by Crippen LogP contribution is 2.19. The molecular formula is C26H28N4O2. The summed E-state index contributed by atoms with van der Waals surface area (Å²) < 4.78 is 0. The molecule has 0 saturated carbocycles. The van der Waals surface area contributed by atoms with Crippen LogP contribution in [0.1, 0.15) is 16.7 Å². The van der Waals surface area contributed by atoms with Crippen LogP contribution in [-0.2, 0) is 9.59 Å². The van der Waals surface area contributed by atoms with Crippen molar-refractivity contribution >= 4 is 34.5 Å². The zero-order valence-corrected chi connectivity index (χ0v) is 18.5. The van der Waals surface area contributed by atoms with Gasteiger partial charge in [0.2, 0.25) is 11.8 Å². The summed E-state index contributed by atoms with van der Waals surface area (Å²) in [6.07, 6.45) is 5.21. The van der Waals surface area contributed by atoms with E-state index in [2.05, 4.69) is 15.2 Å². The van der Waals surface area contributed by atoms with Gasteiger partial charge in [0, 0.05) is 55.1 Å². The number of carbonyl (C=O) groups excluding carboxylic acids is 2. The lowest BCUT2D eigenvalue weighted by Crippen LogP contribution is -2.50. The van der Waals surface area contributed by atoms with Crippen molar-refractivity contribution in [2.45, 2.75) is 13.8 Å². The first-order valence-electron chi connectivity index (χ1n) is 10.9. The summed E-state index contributed by atoms with van der Waals surface area (Å²) >= 11 is 0. The van der Waals surface area contributed by atoms with Crippen molar-refractivity contribution in [3.63, 3.8) is 0 Å².